The number of hydrogen-bond acceptors (Lipinski definition) is 3. The lowest BCUT2D eigenvalue weighted by atomic mass is 10.0. The van der Waals surface area contributed by atoms with E-state index in [2.05, 4.69) is 4.98 Å². The third-order valence-corrected chi connectivity index (χ3v) is 3.05. The minimum atomic E-state index is -0.872. The molecule has 1 aromatic rings. The summed E-state index contributed by atoms with van der Waals surface area (Å²) in [5.74, 6) is 0.179. The van der Waals surface area contributed by atoms with Gasteiger partial charge in [0, 0.05) is 30.4 Å². The maximum Gasteiger partial charge on any atom is 0.407 e. The number of carboxylic acid groups (broad SMARTS) is 1. The molecule has 1 aromatic heterocycles. The van der Waals surface area contributed by atoms with E-state index >= 15 is 0 Å². The number of aryl methyl sites for hydroxylation is 1. The molecule has 1 saturated heterocycles. The highest BCUT2D eigenvalue weighted by atomic mass is 16.5. The first kappa shape index (κ1) is 12.8. The molecule has 5 nitrogen and oxygen atoms in total. The molecular weight excluding hydrogens is 232 g/mol. The molecule has 0 saturated carbocycles. The van der Waals surface area contributed by atoms with Gasteiger partial charge in [0.25, 0.3) is 0 Å². The molecule has 5 heteroatoms. The monoisotopic (exact) mass is 250 g/mol. The first-order valence-electron chi connectivity index (χ1n) is 6.13. The number of nitrogens with zero attached hydrogens (tertiary/aromatic N) is 2. The highest BCUT2D eigenvalue weighted by molar-refractivity contribution is 5.64. The Hall–Kier alpha value is -1.62. The molecule has 2 rings (SSSR count). The number of rotatable bonds is 2. The minimum absolute atomic E-state index is 0.179. The number of hydrogen-bond donors (Lipinski definition) is 1. The van der Waals surface area contributed by atoms with Crippen LogP contribution in [-0.4, -0.2) is 47.4 Å². The van der Waals surface area contributed by atoms with Crippen molar-refractivity contribution in [3.05, 3.63) is 29.6 Å². The van der Waals surface area contributed by atoms with Crippen molar-refractivity contribution in [3.63, 3.8) is 0 Å². The second kappa shape index (κ2) is 5.82. The zero-order valence-electron chi connectivity index (χ0n) is 10.5. The van der Waals surface area contributed by atoms with Crippen LogP contribution in [0.3, 0.4) is 0 Å². The number of pyridine rings is 1. The molecule has 18 heavy (non-hydrogen) atoms. The maximum absolute atomic E-state index is 11.0. The molecule has 1 aliphatic rings. The van der Waals surface area contributed by atoms with Gasteiger partial charge in [-0.15, -0.1) is 0 Å². The Morgan fingerprint density at radius 3 is 3.17 bits per heavy atom. The molecule has 0 aromatic carbocycles. The maximum atomic E-state index is 11.0. The third-order valence-electron chi connectivity index (χ3n) is 3.05. The van der Waals surface area contributed by atoms with Crippen LogP contribution in [0.4, 0.5) is 4.79 Å². The van der Waals surface area contributed by atoms with E-state index in [4.69, 9.17) is 9.84 Å². The Balaban J connectivity index is 2.01. The Labute approximate surface area is 106 Å². The fraction of sp³-hybridized carbons (Fsp3) is 0.538. The molecule has 0 aliphatic carbocycles. The lowest BCUT2D eigenvalue weighted by Crippen LogP contribution is -2.35. The summed E-state index contributed by atoms with van der Waals surface area (Å²) < 4.78 is 5.46. The molecule has 1 unspecified atom stereocenters. The first-order valence-corrected chi connectivity index (χ1v) is 6.13. The molecule has 0 spiro atoms. The van der Waals surface area contributed by atoms with Crippen LogP contribution in [0.5, 0.6) is 0 Å². The van der Waals surface area contributed by atoms with E-state index in [0.717, 1.165) is 17.8 Å². The summed E-state index contributed by atoms with van der Waals surface area (Å²) in [4.78, 5) is 16.9. The van der Waals surface area contributed by atoms with Crippen LogP contribution in [0, 0.1) is 12.8 Å². The van der Waals surface area contributed by atoms with Crippen molar-refractivity contribution in [2.45, 2.75) is 13.3 Å². The van der Waals surface area contributed by atoms with Gasteiger partial charge < -0.3 is 14.7 Å². The van der Waals surface area contributed by atoms with E-state index < -0.39 is 6.09 Å². The van der Waals surface area contributed by atoms with Gasteiger partial charge in [-0.3, -0.25) is 4.98 Å². The molecular formula is C13H18N2O3. The van der Waals surface area contributed by atoms with Crippen LogP contribution in [0.1, 0.15) is 11.4 Å². The first-order chi connectivity index (χ1) is 8.65. The van der Waals surface area contributed by atoms with Crippen LogP contribution in [-0.2, 0) is 11.2 Å². The lowest BCUT2D eigenvalue weighted by Gasteiger charge is -2.20. The molecule has 1 atom stereocenters. The summed E-state index contributed by atoms with van der Waals surface area (Å²) in [5.41, 5.74) is 1.98. The zero-order valence-corrected chi connectivity index (χ0v) is 10.5. The molecule has 1 N–H and O–H groups in total. The van der Waals surface area contributed by atoms with Gasteiger partial charge in [0.1, 0.15) is 0 Å². The predicted molar refractivity (Wildman–Crippen MR) is 66.6 cm³/mol. The van der Waals surface area contributed by atoms with Crippen molar-refractivity contribution in [2.24, 2.45) is 5.92 Å². The third kappa shape index (κ3) is 3.43. The van der Waals surface area contributed by atoms with E-state index in [1.165, 1.54) is 4.90 Å². The van der Waals surface area contributed by atoms with E-state index in [0.29, 0.717) is 26.3 Å². The molecule has 1 amide bonds. The van der Waals surface area contributed by atoms with Crippen LogP contribution in [0.15, 0.2) is 18.2 Å². The number of aromatic nitrogens is 1. The summed E-state index contributed by atoms with van der Waals surface area (Å²) in [6.45, 7) is 4.00. The topological polar surface area (TPSA) is 62.7 Å². The highest BCUT2D eigenvalue weighted by Crippen LogP contribution is 2.13. The summed E-state index contributed by atoms with van der Waals surface area (Å²) in [5, 5.41) is 9.05. The van der Waals surface area contributed by atoms with Crippen molar-refractivity contribution < 1.29 is 14.6 Å². The Kier molecular flexibility index (Phi) is 4.15. The standard InChI is InChI=1S/C13H18N2O3/c1-10-3-2-4-12(14-10)7-11-8-15(13(16)17)5-6-18-9-11/h2-4,11H,5-9H2,1H3,(H,16,17). The summed E-state index contributed by atoms with van der Waals surface area (Å²) in [6, 6.07) is 5.91. The summed E-state index contributed by atoms with van der Waals surface area (Å²) in [6.07, 6.45) is -0.117. The molecule has 2 heterocycles. The average Bonchev–Trinajstić information content (AvgIpc) is 2.55. The average molecular weight is 250 g/mol. The smallest absolute Gasteiger partial charge is 0.407 e. The lowest BCUT2D eigenvalue weighted by molar-refractivity contribution is 0.119. The largest absolute Gasteiger partial charge is 0.465 e. The SMILES string of the molecule is Cc1cccc(CC2COCCN(C(=O)O)C2)n1. The van der Waals surface area contributed by atoms with Gasteiger partial charge in [-0.05, 0) is 25.5 Å². The van der Waals surface area contributed by atoms with Gasteiger partial charge in [0.15, 0.2) is 0 Å². The normalized spacial score (nSPS) is 20.5. The van der Waals surface area contributed by atoms with Crippen molar-refractivity contribution in [3.8, 4) is 0 Å². The number of ether oxygens (including phenoxy) is 1. The Morgan fingerprint density at radius 1 is 1.61 bits per heavy atom. The minimum Gasteiger partial charge on any atom is -0.465 e. The van der Waals surface area contributed by atoms with Crippen molar-refractivity contribution >= 4 is 6.09 Å². The quantitative estimate of drug-likeness (QED) is 0.865. The Morgan fingerprint density at radius 2 is 2.44 bits per heavy atom. The molecule has 1 fully saturated rings. The molecule has 0 radical (unpaired) electrons. The van der Waals surface area contributed by atoms with Crippen LogP contribution in [0.25, 0.3) is 0 Å². The van der Waals surface area contributed by atoms with Crippen LogP contribution < -0.4 is 0 Å². The van der Waals surface area contributed by atoms with Crippen LogP contribution in [0.2, 0.25) is 0 Å². The number of carbonyl (C=O) groups is 1. The van der Waals surface area contributed by atoms with Gasteiger partial charge in [-0.25, -0.2) is 4.79 Å². The fourth-order valence-electron chi connectivity index (χ4n) is 2.19. The van der Waals surface area contributed by atoms with Gasteiger partial charge in [0.2, 0.25) is 0 Å². The fourth-order valence-corrected chi connectivity index (χ4v) is 2.19. The number of amides is 1. The molecule has 0 bridgehead atoms. The van der Waals surface area contributed by atoms with Crippen LogP contribution >= 0.6 is 0 Å². The Bertz CT molecular complexity index is 422. The van der Waals surface area contributed by atoms with Gasteiger partial charge in [-0.2, -0.15) is 0 Å². The second-order valence-electron chi connectivity index (χ2n) is 4.64. The van der Waals surface area contributed by atoms with Crippen molar-refractivity contribution in [1.29, 1.82) is 0 Å². The van der Waals surface area contributed by atoms with E-state index in [9.17, 15) is 4.79 Å². The van der Waals surface area contributed by atoms with Crippen molar-refractivity contribution in [1.82, 2.24) is 9.88 Å². The van der Waals surface area contributed by atoms with E-state index in [1.807, 2.05) is 25.1 Å². The van der Waals surface area contributed by atoms with Gasteiger partial charge in [0.05, 0.1) is 13.2 Å². The molecule has 1 aliphatic heterocycles. The highest BCUT2D eigenvalue weighted by Gasteiger charge is 2.22. The molecule has 98 valence electrons. The van der Waals surface area contributed by atoms with E-state index in [-0.39, 0.29) is 5.92 Å². The second-order valence-corrected chi connectivity index (χ2v) is 4.64. The zero-order chi connectivity index (χ0) is 13.0. The predicted octanol–water partition coefficient (Wildman–Crippen LogP) is 1.56. The summed E-state index contributed by atoms with van der Waals surface area (Å²) >= 11 is 0. The van der Waals surface area contributed by atoms with Gasteiger partial charge >= 0.3 is 6.09 Å². The van der Waals surface area contributed by atoms with Gasteiger partial charge in [-0.1, -0.05) is 6.07 Å². The van der Waals surface area contributed by atoms with Crippen molar-refractivity contribution in [2.75, 3.05) is 26.3 Å². The summed E-state index contributed by atoms with van der Waals surface area (Å²) in [7, 11) is 0. The van der Waals surface area contributed by atoms with E-state index in [1.54, 1.807) is 0 Å².